The van der Waals surface area contributed by atoms with E-state index in [1.54, 1.807) is 12.1 Å². The average molecular weight is 247 g/mol. The number of benzene rings is 2. The fourth-order valence-electron chi connectivity index (χ4n) is 1.90. The molecule has 0 aromatic heterocycles. The molecule has 0 radical (unpaired) electrons. The summed E-state index contributed by atoms with van der Waals surface area (Å²) in [4.78, 5) is 0. The van der Waals surface area contributed by atoms with E-state index in [0.717, 1.165) is 6.42 Å². The van der Waals surface area contributed by atoms with Crippen LogP contribution in [0.25, 0.3) is 0 Å². The van der Waals surface area contributed by atoms with Gasteiger partial charge in [0.15, 0.2) is 0 Å². The SMILES string of the molecule is Oc1ccc(CC(CCl)c2ccccc2)cc1. The molecule has 1 N–H and O–H groups in total. The number of hydrogen-bond acceptors (Lipinski definition) is 1. The molecular formula is C15H15ClO. The van der Waals surface area contributed by atoms with E-state index in [2.05, 4.69) is 12.1 Å². The molecule has 0 amide bonds. The van der Waals surface area contributed by atoms with Gasteiger partial charge in [-0.1, -0.05) is 42.5 Å². The van der Waals surface area contributed by atoms with Crippen LogP contribution in [0, 0.1) is 0 Å². The molecule has 1 atom stereocenters. The zero-order chi connectivity index (χ0) is 12.1. The predicted molar refractivity (Wildman–Crippen MR) is 71.7 cm³/mol. The number of phenols is 1. The molecule has 0 bridgehead atoms. The van der Waals surface area contributed by atoms with Gasteiger partial charge >= 0.3 is 0 Å². The number of phenolic OH excluding ortho intramolecular Hbond substituents is 1. The van der Waals surface area contributed by atoms with Crippen LogP contribution >= 0.6 is 11.6 Å². The molecule has 0 aliphatic carbocycles. The lowest BCUT2D eigenvalue weighted by Gasteiger charge is -2.14. The molecule has 0 aliphatic rings. The van der Waals surface area contributed by atoms with Crippen molar-refractivity contribution in [2.24, 2.45) is 0 Å². The van der Waals surface area contributed by atoms with Gasteiger partial charge in [-0.05, 0) is 29.7 Å². The maximum Gasteiger partial charge on any atom is 0.115 e. The van der Waals surface area contributed by atoms with Gasteiger partial charge in [0.05, 0.1) is 0 Å². The fraction of sp³-hybridized carbons (Fsp3) is 0.200. The zero-order valence-electron chi connectivity index (χ0n) is 9.51. The van der Waals surface area contributed by atoms with Gasteiger partial charge in [-0.3, -0.25) is 0 Å². The van der Waals surface area contributed by atoms with Crippen LogP contribution in [-0.2, 0) is 6.42 Å². The highest BCUT2D eigenvalue weighted by atomic mass is 35.5. The van der Waals surface area contributed by atoms with Gasteiger partial charge in [-0.25, -0.2) is 0 Å². The van der Waals surface area contributed by atoms with Gasteiger partial charge in [0, 0.05) is 11.8 Å². The van der Waals surface area contributed by atoms with E-state index in [-0.39, 0.29) is 0 Å². The van der Waals surface area contributed by atoms with E-state index in [4.69, 9.17) is 11.6 Å². The Morgan fingerprint density at radius 3 is 2.18 bits per heavy atom. The Bertz CT molecular complexity index is 450. The molecule has 0 aliphatic heterocycles. The van der Waals surface area contributed by atoms with E-state index in [9.17, 15) is 5.11 Å². The third kappa shape index (κ3) is 3.24. The summed E-state index contributed by atoms with van der Waals surface area (Å²) in [6.45, 7) is 0. The third-order valence-corrected chi connectivity index (χ3v) is 3.25. The number of halogens is 1. The summed E-state index contributed by atoms with van der Waals surface area (Å²) >= 11 is 6.03. The fourth-order valence-corrected chi connectivity index (χ4v) is 2.19. The lowest BCUT2D eigenvalue weighted by atomic mass is 9.94. The van der Waals surface area contributed by atoms with Crippen LogP contribution < -0.4 is 0 Å². The van der Waals surface area contributed by atoms with Crippen LogP contribution in [0.5, 0.6) is 5.75 Å². The molecule has 88 valence electrons. The van der Waals surface area contributed by atoms with E-state index in [0.29, 0.717) is 17.5 Å². The highest BCUT2D eigenvalue weighted by molar-refractivity contribution is 6.18. The van der Waals surface area contributed by atoms with Crippen molar-refractivity contribution in [1.82, 2.24) is 0 Å². The molecule has 2 aromatic rings. The van der Waals surface area contributed by atoms with Crippen molar-refractivity contribution < 1.29 is 5.11 Å². The van der Waals surface area contributed by atoms with Crippen molar-refractivity contribution in [3.8, 4) is 5.75 Å². The molecule has 0 heterocycles. The Hall–Kier alpha value is -1.47. The standard InChI is InChI=1S/C15H15ClO/c16-11-14(13-4-2-1-3-5-13)10-12-6-8-15(17)9-7-12/h1-9,14,17H,10-11H2. The van der Waals surface area contributed by atoms with Crippen LogP contribution in [0.2, 0.25) is 0 Å². The summed E-state index contributed by atoms with van der Waals surface area (Å²) in [7, 11) is 0. The van der Waals surface area contributed by atoms with E-state index in [1.807, 2.05) is 30.3 Å². The first kappa shape index (κ1) is 12.0. The predicted octanol–water partition coefficient (Wildman–Crippen LogP) is 3.96. The highest BCUT2D eigenvalue weighted by Crippen LogP contribution is 2.23. The monoisotopic (exact) mass is 246 g/mol. The quantitative estimate of drug-likeness (QED) is 0.810. The normalized spacial score (nSPS) is 12.3. The summed E-state index contributed by atoms with van der Waals surface area (Å²) < 4.78 is 0. The topological polar surface area (TPSA) is 20.2 Å². The van der Waals surface area contributed by atoms with Crippen molar-refractivity contribution in [3.63, 3.8) is 0 Å². The first-order valence-electron chi connectivity index (χ1n) is 5.68. The number of hydrogen-bond donors (Lipinski definition) is 1. The molecule has 0 saturated heterocycles. The number of alkyl halides is 1. The Morgan fingerprint density at radius 2 is 1.59 bits per heavy atom. The van der Waals surface area contributed by atoms with Crippen LogP contribution in [0.3, 0.4) is 0 Å². The molecule has 2 rings (SSSR count). The minimum atomic E-state index is 0.302. The van der Waals surface area contributed by atoms with E-state index < -0.39 is 0 Å². The summed E-state index contributed by atoms with van der Waals surface area (Å²) in [5.41, 5.74) is 2.45. The first-order valence-corrected chi connectivity index (χ1v) is 6.22. The van der Waals surface area contributed by atoms with Crippen molar-refractivity contribution in [2.45, 2.75) is 12.3 Å². The Balaban J connectivity index is 2.13. The lowest BCUT2D eigenvalue weighted by molar-refractivity contribution is 0.475. The third-order valence-electron chi connectivity index (χ3n) is 2.88. The molecule has 2 aromatic carbocycles. The highest BCUT2D eigenvalue weighted by Gasteiger charge is 2.10. The molecule has 0 saturated carbocycles. The molecule has 1 unspecified atom stereocenters. The zero-order valence-corrected chi connectivity index (χ0v) is 10.3. The van der Waals surface area contributed by atoms with Crippen LogP contribution in [0.1, 0.15) is 17.0 Å². The van der Waals surface area contributed by atoms with Gasteiger partial charge < -0.3 is 5.11 Å². The van der Waals surface area contributed by atoms with E-state index >= 15 is 0 Å². The van der Waals surface area contributed by atoms with Crippen LogP contribution in [0.4, 0.5) is 0 Å². The molecule has 0 spiro atoms. The molecule has 0 fully saturated rings. The summed E-state index contributed by atoms with van der Waals surface area (Å²) in [5, 5.41) is 9.24. The second kappa shape index (κ2) is 5.74. The summed E-state index contributed by atoms with van der Waals surface area (Å²) in [5.74, 6) is 1.23. The van der Waals surface area contributed by atoms with Gasteiger partial charge in [-0.15, -0.1) is 11.6 Å². The van der Waals surface area contributed by atoms with Crippen LogP contribution in [-0.4, -0.2) is 11.0 Å². The van der Waals surface area contributed by atoms with Crippen molar-refractivity contribution >= 4 is 11.6 Å². The maximum atomic E-state index is 9.24. The van der Waals surface area contributed by atoms with Gasteiger partial charge in [0.1, 0.15) is 5.75 Å². The minimum Gasteiger partial charge on any atom is -0.508 e. The molecule has 17 heavy (non-hydrogen) atoms. The van der Waals surface area contributed by atoms with E-state index in [1.165, 1.54) is 11.1 Å². The molecule has 2 heteroatoms. The van der Waals surface area contributed by atoms with Gasteiger partial charge in [-0.2, -0.15) is 0 Å². The van der Waals surface area contributed by atoms with Crippen molar-refractivity contribution in [3.05, 3.63) is 65.7 Å². The largest absolute Gasteiger partial charge is 0.508 e. The Labute approximate surface area is 107 Å². The summed E-state index contributed by atoms with van der Waals surface area (Å²) in [6, 6.07) is 17.6. The maximum absolute atomic E-state index is 9.24. The number of aromatic hydroxyl groups is 1. The Morgan fingerprint density at radius 1 is 0.941 bits per heavy atom. The first-order chi connectivity index (χ1) is 8.29. The van der Waals surface area contributed by atoms with Crippen LogP contribution in [0.15, 0.2) is 54.6 Å². The minimum absolute atomic E-state index is 0.302. The van der Waals surface area contributed by atoms with Gasteiger partial charge in [0.25, 0.3) is 0 Å². The van der Waals surface area contributed by atoms with Gasteiger partial charge in [0.2, 0.25) is 0 Å². The van der Waals surface area contributed by atoms with Crippen molar-refractivity contribution in [2.75, 3.05) is 5.88 Å². The second-order valence-corrected chi connectivity index (χ2v) is 4.44. The smallest absolute Gasteiger partial charge is 0.115 e. The number of rotatable bonds is 4. The van der Waals surface area contributed by atoms with Crippen molar-refractivity contribution in [1.29, 1.82) is 0 Å². The molecule has 1 nitrogen and oxygen atoms in total. The Kier molecular flexibility index (Phi) is 4.05. The average Bonchev–Trinajstić information content (AvgIpc) is 2.39. The second-order valence-electron chi connectivity index (χ2n) is 4.13. The molecular weight excluding hydrogens is 232 g/mol. The lowest BCUT2D eigenvalue weighted by Crippen LogP contribution is -2.04. The summed E-state index contributed by atoms with van der Waals surface area (Å²) in [6.07, 6.45) is 0.897.